The minimum atomic E-state index is -0.938. The molecule has 2 amide bonds. The first-order chi connectivity index (χ1) is 15.3. The van der Waals surface area contributed by atoms with Crippen LogP contribution in [-0.2, 0) is 9.59 Å². The van der Waals surface area contributed by atoms with E-state index in [2.05, 4.69) is 15.8 Å². The van der Waals surface area contributed by atoms with E-state index in [1.807, 2.05) is 6.92 Å². The molecule has 162 valence electrons. The molecule has 32 heavy (non-hydrogen) atoms. The Balaban J connectivity index is 1.51. The van der Waals surface area contributed by atoms with Crippen molar-refractivity contribution in [2.75, 3.05) is 5.32 Å². The number of nitrogens with one attached hydrogen (secondary N) is 2. The zero-order valence-electron chi connectivity index (χ0n) is 16.8. The third kappa shape index (κ3) is 6.41. The van der Waals surface area contributed by atoms with Crippen LogP contribution in [0.15, 0.2) is 71.8 Å². The van der Waals surface area contributed by atoms with Gasteiger partial charge >= 0.3 is 17.8 Å². The number of hydrazone groups is 1. The van der Waals surface area contributed by atoms with Crippen molar-refractivity contribution in [1.29, 1.82) is 0 Å². The number of aryl methyl sites for hydroxylation is 1. The third-order valence-corrected chi connectivity index (χ3v) is 4.85. The summed E-state index contributed by atoms with van der Waals surface area (Å²) in [5.41, 5.74) is 4.37. The quantitative estimate of drug-likeness (QED) is 0.187. The van der Waals surface area contributed by atoms with Crippen LogP contribution in [0.3, 0.4) is 0 Å². The number of amides is 2. The Morgan fingerprint density at radius 3 is 2.25 bits per heavy atom. The van der Waals surface area contributed by atoms with Crippen molar-refractivity contribution in [1.82, 2.24) is 5.43 Å². The van der Waals surface area contributed by atoms with E-state index in [4.69, 9.17) is 27.9 Å². The molecule has 0 radical (unpaired) electrons. The summed E-state index contributed by atoms with van der Waals surface area (Å²) in [4.78, 5) is 35.9. The summed E-state index contributed by atoms with van der Waals surface area (Å²) in [6.45, 7) is 1.82. The van der Waals surface area contributed by atoms with Crippen LogP contribution in [-0.4, -0.2) is 24.0 Å². The van der Waals surface area contributed by atoms with Crippen molar-refractivity contribution >= 4 is 52.9 Å². The molecule has 7 nitrogen and oxygen atoms in total. The number of esters is 1. The van der Waals surface area contributed by atoms with Crippen LogP contribution in [0.1, 0.15) is 21.5 Å². The lowest BCUT2D eigenvalue weighted by Crippen LogP contribution is -2.32. The number of benzene rings is 3. The van der Waals surface area contributed by atoms with Gasteiger partial charge in [-0.05, 0) is 78.7 Å². The van der Waals surface area contributed by atoms with Crippen molar-refractivity contribution in [2.24, 2.45) is 5.10 Å². The van der Waals surface area contributed by atoms with Crippen LogP contribution in [0.25, 0.3) is 0 Å². The molecule has 0 bridgehead atoms. The van der Waals surface area contributed by atoms with E-state index in [1.165, 1.54) is 6.21 Å². The molecular weight excluding hydrogens is 453 g/mol. The standard InChI is InChI=1S/C23H17Cl2N3O4/c1-14-2-9-18(12-20(14)25)27-21(29)22(30)28-26-13-15-3-10-19(11-4-15)32-23(31)16-5-7-17(24)8-6-16/h2-13H,1H3,(H,27,29)(H,28,30)/b26-13+. The van der Waals surface area contributed by atoms with Gasteiger partial charge in [0.1, 0.15) is 5.75 Å². The molecule has 0 unspecified atom stereocenters. The van der Waals surface area contributed by atoms with Gasteiger partial charge in [-0.2, -0.15) is 5.10 Å². The van der Waals surface area contributed by atoms with E-state index in [-0.39, 0.29) is 0 Å². The highest BCUT2D eigenvalue weighted by Gasteiger charge is 2.13. The van der Waals surface area contributed by atoms with Crippen LogP contribution in [0.4, 0.5) is 5.69 Å². The number of ether oxygens (including phenoxy) is 1. The van der Waals surface area contributed by atoms with Crippen LogP contribution in [0.5, 0.6) is 5.75 Å². The highest BCUT2D eigenvalue weighted by molar-refractivity contribution is 6.39. The maximum Gasteiger partial charge on any atom is 0.343 e. The van der Waals surface area contributed by atoms with Gasteiger partial charge in [0.2, 0.25) is 0 Å². The van der Waals surface area contributed by atoms with Crippen LogP contribution in [0, 0.1) is 6.92 Å². The van der Waals surface area contributed by atoms with Crippen molar-refractivity contribution in [3.63, 3.8) is 0 Å². The van der Waals surface area contributed by atoms with Gasteiger partial charge in [-0.3, -0.25) is 9.59 Å². The van der Waals surface area contributed by atoms with E-state index in [0.29, 0.717) is 32.6 Å². The van der Waals surface area contributed by atoms with Gasteiger partial charge in [-0.15, -0.1) is 0 Å². The van der Waals surface area contributed by atoms with Gasteiger partial charge in [0.05, 0.1) is 11.8 Å². The second-order valence-corrected chi connectivity index (χ2v) is 7.43. The molecule has 3 aromatic rings. The Morgan fingerprint density at radius 1 is 0.906 bits per heavy atom. The summed E-state index contributed by atoms with van der Waals surface area (Å²) >= 11 is 11.8. The molecule has 9 heteroatoms. The normalized spacial score (nSPS) is 10.6. The number of hydrogen-bond donors (Lipinski definition) is 2. The summed E-state index contributed by atoms with van der Waals surface area (Å²) < 4.78 is 5.28. The minimum Gasteiger partial charge on any atom is -0.423 e. The summed E-state index contributed by atoms with van der Waals surface area (Å²) in [7, 11) is 0. The Hall–Kier alpha value is -3.68. The maximum absolute atomic E-state index is 12.1. The van der Waals surface area contributed by atoms with Crippen LogP contribution >= 0.6 is 23.2 Å². The molecule has 0 aliphatic rings. The van der Waals surface area contributed by atoms with Crippen molar-refractivity contribution in [2.45, 2.75) is 6.92 Å². The second-order valence-electron chi connectivity index (χ2n) is 6.58. The van der Waals surface area contributed by atoms with E-state index < -0.39 is 17.8 Å². The fraction of sp³-hybridized carbons (Fsp3) is 0.0435. The number of anilines is 1. The number of carbonyl (C=O) groups is 3. The molecule has 2 N–H and O–H groups in total. The molecule has 3 aromatic carbocycles. The smallest absolute Gasteiger partial charge is 0.343 e. The Kier molecular flexibility index (Phi) is 7.59. The Bertz CT molecular complexity index is 1180. The third-order valence-electron chi connectivity index (χ3n) is 4.19. The van der Waals surface area contributed by atoms with E-state index in [1.54, 1.807) is 66.7 Å². The summed E-state index contributed by atoms with van der Waals surface area (Å²) in [5, 5.41) is 7.18. The van der Waals surface area contributed by atoms with E-state index in [0.717, 1.165) is 5.56 Å². The summed E-state index contributed by atoms with van der Waals surface area (Å²) in [5.74, 6) is -2.00. The fourth-order valence-electron chi connectivity index (χ4n) is 2.45. The van der Waals surface area contributed by atoms with E-state index in [9.17, 15) is 14.4 Å². The van der Waals surface area contributed by atoms with Crippen LogP contribution < -0.4 is 15.5 Å². The molecule has 0 aliphatic heterocycles. The molecule has 0 saturated carbocycles. The Labute approximate surface area is 194 Å². The lowest BCUT2D eigenvalue weighted by molar-refractivity contribution is -0.136. The SMILES string of the molecule is Cc1ccc(NC(=O)C(=O)N/N=C/c2ccc(OC(=O)c3ccc(Cl)cc3)cc2)cc1Cl. The fourth-order valence-corrected chi connectivity index (χ4v) is 2.76. The molecular formula is C23H17Cl2N3O4. The highest BCUT2D eigenvalue weighted by atomic mass is 35.5. The molecule has 0 spiro atoms. The van der Waals surface area contributed by atoms with Gasteiger partial charge in [-0.25, -0.2) is 10.2 Å². The molecule has 0 saturated heterocycles. The van der Waals surface area contributed by atoms with Crippen molar-refractivity contribution < 1.29 is 19.1 Å². The van der Waals surface area contributed by atoms with Gasteiger partial charge in [0, 0.05) is 15.7 Å². The predicted octanol–water partition coefficient (Wildman–Crippen LogP) is 4.61. The summed E-state index contributed by atoms with van der Waals surface area (Å²) in [6.07, 6.45) is 1.35. The molecule has 0 aliphatic carbocycles. The second kappa shape index (κ2) is 10.6. The maximum atomic E-state index is 12.1. The van der Waals surface area contributed by atoms with E-state index >= 15 is 0 Å². The molecule has 0 fully saturated rings. The first-order valence-corrected chi connectivity index (χ1v) is 10.1. The number of rotatable bonds is 5. The molecule has 0 aromatic heterocycles. The minimum absolute atomic E-state index is 0.335. The predicted molar refractivity (Wildman–Crippen MR) is 123 cm³/mol. The number of hydrogen-bond acceptors (Lipinski definition) is 5. The summed E-state index contributed by atoms with van der Waals surface area (Å²) in [6, 6.07) is 17.7. The lowest BCUT2D eigenvalue weighted by Gasteiger charge is -2.06. The zero-order valence-corrected chi connectivity index (χ0v) is 18.3. The average Bonchev–Trinajstić information content (AvgIpc) is 2.77. The monoisotopic (exact) mass is 469 g/mol. The molecule has 3 rings (SSSR count). The number of halogens is 2. The van der Waals surface area contributed by atoms with Crippen molar-refractivity contribution in [3.8, 4) is 5.75 Å². The number of nitrogens with zero attached hydrogens (tertiary/aromatic N) is 1. The van der Waals surface area contributed by atoms with Gasteiger partial charge in [0.15, 0.2) is 0 Å². The average molecular weight is 470 g/mol. The first-order valence-electron chi connectivity index (χ1n) is 9.30. The number of carbonyl (C=O) groups excluding carboxylic acids is 3. The van der Waals surface area contributed by atoms with Gasteiger partial charge in [0.25, 0.3) is 0 Å². The topological polar surface area (TPSA) is 96.9 Å². The first kappa shape index (κ1) is 23.0. The van der Waals surface area contributed by atoms with Gasteiger partial charge in [-0.1, -0.05) is 29.3 Å². The largest absolute Gasteiger partial charge is 0.423 e. The highest BCUT2D eigenvalue weighted by Crippen LogP contribution is 2.20. The molecule has 0 atom stereocenters. The molecule has 0 heterocycles. The Morgan fingerprint density at radius 2 is 1.59 bits per heavy atom. The lowest BCUT2D eigenvalue weighted by atomic mass is 10.2. The van der Waals surface area contributed by atoms with Crippen LogP contribution in [0.2, 0.25) is 10.0 Å². The van der Waals surface area contributed by atoms with Crippen molar-refractivity contribution in [3.05, 3.63) is 93.5 Å². The zero-order chi connectivity index (χ0) is 23.1. The van der Waals surface area contributed by atoms with Gasteiger partial charge < -0.3 is 10.1 Å².